The van der Waals surface area contributed by atoms with Crippen LogP contribution in [0.1, 0.15) is 31.2 Å². The van der Waals surface area contributed by atoms with Crippen LogP contribution in [0.25, 0.3) is 0 Å². The van der Waals surface area contributed by atoms with Gasteiger partial charge in [0.05, 0.1) is 0 Å². The normalized spacial score (nSPS) is 17.4. The van der Waals surface area contributed by atoms with Gasteiger partial charge in [0.25, 0.3) is 0 Å². The fraction of sp³-hybridized carbons (Fsp3) is 0.500. The number of hydrogen-bond donors (Lipinski definition) is 1. The van der Waals surface area contributed by atoms with E-state index in [4.69, 9.17) is 9.47 Å². The Kier molecular flexibility index (Phi) is 4.04. The van der Waals surface area contributed by atoms with Crippen molar-refractivity contribution in [1.82, 2.24) is 5.32 Å². The van der Waals surface area contributed by atoms with Crippen molar-refractivity contribution in [2.45, 2.75) is 32.2 Å². The lowest BCUT2D eigenvalue weighted by molar-refractivity contribution is 0.171. The van der Waals surface area contributed by atoms with E-state index in [0.717, 1.165) is 24.6 Å². The second-order valence-corrected chi connectivity index (χ2v) is 5.16. The van der Waals surface area contributed by atoms with Crippen LogP contribution >= 0.6 is 0 Å². The lowest BCUT2D eigenvalue weighted by atomic mass is 10.1. The smallest absolute Gasteiger partial charge is 0.161 e. The zero-order valence-corrected chi connectivity index (χ0v) is 11.3. The van der Waals surface area contributed by atoms with Gasteiger partial charge in [-0.15, -0.1) is 0 Å². The van der Waals surface area contributed by atoms with Crippen LogP contribution in [0.4, 0.5) is 0 Å². The van der Waals surface area contributed by atoms with Crippen LogP contribution in [0.5, 0.6) is 11.5 Å². The molecule has 0 unspecified atom stereocenters. The van der Waals surface area contributed by atoms with Gasteiger partial charge in [-0.2, -0.15) is 0 Å². The maximum atomic E-state index is 5.59. The number of benzene rings is 1. The third-order valence-electron chi connectivity index (χ3n) is 3.69. The molecule has 0 aromatic heterocycles. The topological polar surface area (TPSA) is 30.5 Å². The predicted octanol–water partition coefficient (Wildman–Crippen LogP) is 3.05. The van der Waals surface area contributed by atoms with Gasteiger partial charge < -0.3 is 14.8 Å². The molecule has 1 aromatic rings. The van der Waals surface area contributed by atoms with Crippen LogP contribution in [0, 0.1) is 0 Å². The fourth-order valence-corrected chi connectivity index (χ4v) is 2.64. The Hall–Kier alpha value is -1.48. The highest BCUT2D eigenvalue weighted by Crippen LogP contribution is 2.30. The van der Waals surface area contributed by atoms with Gasteiger partial charge in [-0.05, 0) is 49.9 Å². The predicted molar refractivity (Wildman–Crippen MR) is 75.7 cm³/mol. The molecular weight excluding hydrogens is 238 g/mol. The maximum absolute atomic E-state index is 5.59. The van der Waals surface area contributed by atoms with E-state index in [2.05, 4.69) is 23.5 Å². The highest BCUT2D eigenvalue weighted by molar-refractivity contribution is 5.43. The van der Waals surface area contributed by atoms with Crippen molar-refractivity contribution in [2.75, 3.05) is 19.8 Å². The molecule has 1 N–H and O–H groups in total. The van der Waals surface area contributed by atoms with Crippen molar-refractivity contribution in [3.8, 4) is 11.5 Å². The van der Waals surface area contributed by atoms with E-state index >= 15 is 0 Å². The Balaban J connectivity index is 1.47. The van der Waals surface area contributed by atoms with Gasteiger partial charge in [-0.3, -0.25) is 0 Å². The van der Waals surface area contributed by atoms with Crippen LogP contribution in [0.15, 0.2) is 29.8 Å². The van der Waals surface area contributed by atoms with E-state index in [1.54, 1.807) is 5.57 Å². The molecule has 19 heavy (non-hydrogen) atoms. The molecule has 1 heterocycles. The summed E-state index contributed by atoms with van der Waals surface area (Å²) in [5.41, 5.74) is 2.87. The molecule has 3 rings (SSSR count). The summed E-state index contributed by atoms with van der Waals surface area (Å²) in [6.45, 7) is 3.25. The minimum Gasteiger partial charge on any atom is -0.486 e. The van der Waals surface area contributed by atoms with Crippen LogP contribution < -0.4 is 14.8 Å². The van der Waals surface area contributed by atoms with Gasteiger partial charge in [0.2, 0.25) is 0 Å². The lowest BCUT2D eigenvalue weighted by Crippen LogP contribution is -2.17. The molecule has 0 atom stereocenters. The van der Waals surface area contributed by atoms with Crippen LogP contribution in [0.3, 0.4) is 0 Å². The second kappa shape index (κ2) is 6.11. The first kappa shape index (κ1) is 12.5. The Morgan fingerprint density at radius 3 is 2.84 bits per heavy atom. The summed E-state index contributed by atoms with van der Waals surface area (Å²) in [6, 6.07) is 6.19. The first-order valence-electron chi connectivity index (χ1n) is 7.19. The van der Waals surface area contributed by atoms with Gasteiger partial charge in [0, 0.05) is 6.54 Å². The molecule has 0 fully saturated rings. The quantitative estimate of drug-likeness (QED) is 0.651. The van der Waals surface area contributed by atoms with E-state index in [1.807, 2.05) is 6.07 Å². The molecule has 3 nitrogen and oxygen atoms in total. The molecular formula is C16H21NO2. The molecule has 2 aliphatic rings. The highest BCUT2D eigenvalue weighted by Gasteiger charge is 2.11. The average molecular weight is 259 g/mol. The van der Waals surface area contributed by atoms with Crippen molar-refractivity contribution < 1.29 is 9.47 Å². The zero-order valence-electron chi connectivity index (χ0n) is 11.3. The van der Waals surface area contributed by atoms with Gasteiger partial charge >= 0.3 is 0 Å². The van der Waals surface area contributed by atoms with Crippen molar-refractivity contribution in [3.63, 3.8) is 0 Å². The Morgan fingerprint density at radius 1 is 1.11 bits per heavy atom. The Morgan fingerprint density at radius 2 is 2.00 bits per heavy atom. The first-order valence-corrected chi connectivity index (χ1v) is 7.19. The lowest BCUT2D eigenvalue weighted by Gasteiger charge is -2.19. The standard InChI is InChI=1S/C16H21NO2/c1-2-4-13(3-1)7-8-17-12-14-5-6-15-16(11-14)19-10-9-18-15/h3,5-6,11,17H,1-2,4,7-10,12H2. The summed E-state index contributed by atoms with van der Waals surface area (Å²) in [7, 11) is 0. The first-order chi connectivity index (χ1) is 9.42. The monoisotopic (exact) mass is 259 g/mol. The molecule has 0 bridgehead atoms. The van der Waals surface area contributed by atoms with E-state index in [0.29, 0.717) is 13.2 Å². The average Bonchev–Trinajstić information content (AvgIpc) is 2.97. The van der Waals surface area contributed by atoms with E-state index in [-0.39, 0.29) is 0 Å². The van der Waals surface area contributed by atoms with Crippen LogP contribution in [0.2, 0.25) is 0 Å². The second-order valence-electron chi connectivity index (χ2n) is 5.16. The summed E-state index contributed by atoms with van der Waals surface area (Å²) in [4.78, 5) is 0. The van der Waals surface area contributed by atoms with Crippen LogP contribution in [-0.4, -0.2) is 19.8 Å². The molecule has 0 amide bonds. The van der Waals surface area contributed by atoms with Gasteiger partial charge in [0.1, 0.15) is 13.2 Å². The van der Waals surface area contributed by atoms with Crippen LogP contribution in [-0.2, 0) is 6.54 Å². The highest BCUT2D eigenvalue weighted by atomic mass is 16.6. The largest absolute Gasteiger partial charge is 0.486 e. The molecule has 0 saturated carbocycles. The number of rotatable bonds is 5. The fourth-order valence-electron chi connectivity index (χ4n) is 2.64. The summed E-state index contributed by atoms with van der Waals surface area (Å²) >= 11 is 0. The molecule has 1 aromatic carbocycles. The van der Waals surface area contributed by atoms with Gasteiger partial charge in [0.15, 0.2) is 11.5 Å². The molecule has 102 valence electrons. The summed E-state index contributed by atoms with van der Waals surface area (Å²) < 4.78 is 11.1. The van der Waals surface area contributed by atoms with E-state index in [1.165, 1.54) is 31.2 Å². The van der Waals surface area contributed by atoms with E-state index in [9.17, 15) is 0 Å². The van der Waals surface area contributed by atoms with Gasteiger partial charge in [-0.1, -0.05) is 17.7 Å². The minimum atomic E-state index is 0.651. The van der Waals surface area contributed by atoms with Crippen molar-refractivity contribution in [3.05, 3.63) is 35.4 Å². The number of fused-ring (bicyclic) bond motifs is 1. The Bertz CT molecular complexity index is 468. The molecule has 1 aliphatic carbocycles. The third-order valence-corrected chi connectivity index (χ3v) is 3.69. The molecule has 0 spiro atoms. The summed E-state index contributed by atoms with van der Waals surface area (Å²) in [5.74, 6) is 1.75. The van der Waals surface area contributed by atoms with Crippen molar-refractivity contribution in [2.24, 2.45) is 0 Å². The number of hydrogen-bond acceptors (Lipinski definition) is 3. The molecule has 1 aliphatic heterocycles. The minimum absolute atomic E-state index is 0.651. The molecule has 0 radical (unpaired) electrons. The maximum Gasteiger partial charge on any atom is 0.161 e. The number of nitrogens with one attached hydrogen (secondary N) is 1. The Labute approximate surface area is 114 Å². The van der Waals surface area contributed by atoms with Gasteiger partial charge in [-0.25, -0.2) is 0 Å². The third kappa shape index (κ3) is 3.29. The summed E-state index contributed by atoms with van der Waals surface area (Å²) in [5, 5.41) is 3.50. The molecule has 3 heteroatoms. The van der Waals surface area contributed by atoms with E-state index < -0.39 is 0 Å². The zero-order chi connectivity index (χ0) is 12.9. The SMILES string of the molecule is C1=C(CCNCc2ccc3c(c2)OCCO3)CCC1. The van der Waals surface area contributed by atoms with Crippen molar-refractivity contribution in [1.29, 1.82) is 0 Å². The van der Waals surface area contributed by atoms with Crippen molar-refractivity contribution >= 4 is 0 Å². The number of ether oxygens (including phenoxy) is 2. The molecule has 0 saturated heterocycles. The summed E-state index contributed by atoms with van der Waals surface area (Å²) in [6.07, 6.45) is 7.50. The number of allylic oxidation sites excluding steroid dienone is 1.